The van der Waals surface area contributed by atoms with Crippen molar-refractivity contribution in [2.75, 3.05) is 11.9 Å². The van der Waals surface area contributed by atoms with Crippen molar-refractivity contribution >= 4 is 29.4 Å². The number of amides is 5. The number of aryl methyl sites for hydroxylation is 1. The second-order valence-corrected chi connectivity index (χ2v) is 8.84. The molecule has 2 aromatic rings. The molecule has 5 amide bonds. The Labute approximate surface area is 197 Å². The molecular weight excluding hydrogens is 436 g/mol. The van der Waals surface area contributed by atoms with E-state index in [4.69, 9.17) is 4.74 Å². The molecule has 9 heteroatoms. The number of anilines is 1. The predicted molar refractivity (Wildman–Crippen MR) is 123 cm³/mol. The monoisotopic (exact) mass is 462 g/mol. The molecule has 3 aliphatic heterocycles. The number of carbonyl (C=O) groups is 4. The molecular formula is C25H26N4O5. The van der Waals surface area contributed by atoms with Crippen LogP contribution in [0.1, 0.15) is 58.6 Å². The van der Waals surface area contributed by atoms with Crippen molar-refractivity contribution in [3.8, 4) is 0 Å². The quantitative estimate of drug-likeness (QED) is 0.680. The molecule has 0 aliphatic carbocycles. The average molecular weight is 463 g/mol. The molecule has 0 spiro atoms. The smallest absolute Gasteiger partial charge is 0.324 e. The van der Waals surface area contributed by atoms with Gasteiger partial charge >= 0.3 is 6.03 Å². The number of nitrogens with zero attached hydrogens (tertiary/aromatic N) is 2. The summed E-state index contributed by atoms with van der Waals surface area (Å²) in [6, 6.07) is 10.2. The van der Waals surface area contributed by atoms with Gasteiger partial charge in [-0.15, -0.1) is 0 Å². The second-order valence-electron chi connectivity index (χ2n) is 8.84. The van der Waals surface area contributed by atoms with E-state index < -0.39 is 18.2 Å². The number of benzene rings is 2. The number of hydrogen-bond donors (Lipinski definition) is 2. The largest absolute Gasteiger partial charge is 0.354 e. The second kappa shape index (κ2) is 8.57. The van der Waals surface area contributed by atoms with Gasteiger partial charge in [-0.05, 0) is 49.6 Å². The molecule has 0 aromatic heterocycles. The highest BCUT2D eigenvalue weighted by Crippen LogP contribution is 2.36. The molecule has 34 heavy (non-hydrogen) atoms. The summed E-state index contributed by atoms with van der Waals surface area (Å²) in [5, 5.41) is 5.23. The van der Waals surface area contributed by atoms with E-state index in [1.54, 1.807) is 23.1 Å². The summed E-state index contributed by atoms with van der Waals surface area (Å²) in [7, 11) is 0. The molecule has 0 saturated carbocycles. The van der Waals surface area contributed by atoms with E-state index in [-0.39, 0.29) is 30.8 Å². The Bertz CT molecular complexity index is 1210. The summed E-state index contributed by atoms with van der Waals surface area (Å²) in [6.07, 6.45) is 0.0536. The van der Waals surface area contributed by atoms with E-state index in [0.29, 0.717) is 30.8 Å². The number of carbonyl (C=O) groups excluding carboxylic acids is 4. The van der Waals surface area contributed by atoms with Crippen molar-refractivity contribution in [1.82, 2.24) is 15.1 Å². The minimum absolute atomic E-state index is 0.205. The lowest BCUT2D eigenvalue weighted by molar-refractivity contribution is -0.136. The molecule has 9 nitrogen and oxygen atoms in total. The fourth-order valence-corrected chi connectivity index (χ4v) is 4.91. The molecule has 2 N–H and O–H groups in total. The Morgan fingerprint density at radius 1 is 1.12 bits per heavy atom. The number of hydrogen-bond acceptors (Lipinski definition) is 5. The summed E-state index contributed by atoms with van der Waals surface area (Å²) in [5.74, 6) is -1.01. The number of urea groups is 1. The van der Waals surface area contributed by atoms with Gasteiger partial charge in [-0.1, -0.05) is 23.8 Å². The number of piperidine rings is 1. The van der Waals surface area contributed by atoms with Crippen LogP contribution in [0.15, 0.2) is 36.4 Å². The van der Waals surface area contributed by atoms with Gasteiger partial charge < -0.3 is 15.0 Å². The molecule has 5 rings (SSSR count). The van der Waals surface area contributed by atoms with Crippen LogP contribution in [-0.2, 0) is 27.4 Å². The van der Waals surface area contributed by atoms with E-state index >= 15 is 0 Å². The van der Waals surface area contributed by atoms with Crippen LogP contribution in [0, 0.1) is 6.92 Å². The van der Waals surface area contributed by atoms with Crippen molar-refractivity contribution in [3.63, 3.8) is 0 Å². The predicted octanol–water partition coefficient (Wildman–Crippen LogP) is 2.84. The van der Waals surface area contributed by atoms with Gasteiger partial charge in [0, 0.05) is 36.4 Å². The average Bonchev–Trinajstić information content (AvgIpc) is 3.31. The van der Waals surface area contributed by atoms with Gasteiger partial charge in [0.25, 0.3) is 5.91 Å². The molecule has 0 radical (unpaired) electrons. The zero-order valence-electron chi connectivity index (χ0n) is 19.1. The zero-order chi connectivity index (χ0) is 24.0. The third-order valence-corrected chi connectivity index (χ3v) is 6.55. The van der Waals surface area contributed by atoms with Crippen molar-refractivity contribution in [2.24, 2.45) is 0 Å². The molecule has 0 bridgehead atoms. The van der Waals surface area contributed by atoms with Crippen LogP contribution in [0.25, 0.3) is 0 Å². The molecule has 3 heterocycles. The van der Waals surface area contributed by atoms with Crippen LogP contribution in [-0.4, -0.2) is 46.2 Å². The summed E-state index contributed by atoms with van der Waals surface area (Å²) in [6.45, 7) is 5.08. The third kappa shape index (κ3) is 3.81. The highest BCUT2D eigenvalue weighted by molar-refractivity contribution is 6.05. The minimum Gasteiger partial charge on any atom is -0.354 e. The summed E-state index contributed by atoms with van der Waals surface area (Å²) in [5.41, 5.74) is 4.97. The fraction of sp³-hybridized carbons (Fsp3) is 0.360. The molecule has 3 aliphatic rings. The molecule has 2 atom stereocenters. The number of imide groups is 1. The van der Waals surface area contributed by atoms with Crippen LogP contribution in [0.5, 0.6) is 0 Å². The SMILES string of the molecule is CCOC1c2ccc(C)cc2CN1C(=O)Nc1ccc2c(c1)CN(C1CCC(=O)NC1=O)C2=O. The van der Waals surface area contributed by atoms with Crippen molar-refractivity contribution in [1.29, 1.82) is 0 Å². The fourth-order valence-electron chi connectivity index (χ4n) is 4.91. The maximum absolute atomic E-state index is 13.2. The third-order valence-electron chi connectivity index (χ3n) is 6.55. The van der Waals surface area contributed by atoms with E-state index in [1.807, 2.05) is 26.0 Å². The maximum Gasteiger partial charge on any atom is 0.324 e. The Hall–Kier alpha value is -3.72. The molecule has 1 saturated heterocycles. The van der Waals surface area contributed by atoms with Crippen molar-refractivity contribution in [3.05, 3.63) is 64.2 Å². The Kier molecular flexibility index (Phi) is 5.57. The summed E-state index contributed by atoms with van der Waals surface area (Å²) >= 11 is 0. The highest BCUT2D eigenvalue weighted by Gasteiger charge is 2.39. The first-order valence-electron chi connectivity index (χ1n) is 11.4. The van der Waals surface area contributed by atoms with Gasteiger partial charge in [0.2, 0.25) is 11.8 Å². The lowest BCUT2D eigenvalue weighted by Crippen LogP contribution is -2.52. The number of rotatable bonds is 4. The Balaban J connectivity index is 1.32. The van der Waals surface area contributed by atoms with E-state index in [2.05, 4.69) is 16.7 Å². The van der Waals surface area contributed by atoms with E-state index in [0.717, 1.165) is 22.3 Å². The highest BCUT2D eigenvalue weighted by atomic mass is 16.5. The van der Waals surface area contributed by atoms with Gasteiger partial charge in [-0.2, -0.15) is 0 Å². The van der Waals surface area contributed by atoms with Crippen LogP contribution < -0.4 is 10.6 Å². The number of ether oxygens (including phenoxy) is 1. The van der Waals surface area contributed by atoms with Crippen LogP contribution in [0.2, 0.25) is 0 Å². The van der Waals surface area contributed by atoms with Crippen LogP contribution in [0.3, 0.4) is 0 Å². The Morgan fingerprint density at radius 3 is 2.71 bits per heavy atom. The molecule has 176 valence electrons. The van der Waals surface area contributed by atoms with Gasteiger partial charge in [0.05, 0.1) is 6.54 Å². The molecule has 2 unspecified atom stereocenters. The first-order valence-corrected chi connectivity index (χ1v) is 11.4. The standard InChI is InChI=1S/C25H26N4O5/c1-3-34-24-19-6-4-14(2)10-15(19)13-29(24)25(33)26-17-5-7-18-16(11-17)12-28(23(18)32)20-8-9-21(30)27-22(20)31/h4-7,10-11,20,24H,3,8-9,12-13H2,1-2H3,(H,26,33)(H,27,30,31). The lowest BCUT2D eigenvalue weighted by Gasteiger charge is -2.29. The van der Waals surface area contributed by atoms with Gasteiger partial charge in [-0.25, -0.2) is 4.79 Å². The molecule has 2 aromatic carbocycles. The normalized spacial score (nSPS) is 21.4. The molecule has 1 fully saturated rings. The number of fused-ring (bicyclic) bond motifs is 2. The summed E-state index contributed by atoms with van der Waals surface area (Å²) < 4.78 is 5.88. The van der Waals surface area contributed by atoms with Crippen molar-refractivity contribution in [2.45, 2.75) is 52.0 Å². The van der Waals surface area contributed by atoms with Crippen LogP contribution in [0.4, 0.5) is 10.5 Å². The van der Waals surface area contributed by atoms with Crippen LogP contribution >= 0.6 is 0 Å². The maximum atomic E-state index is 13.2. The summed E-state index contributed by atoms with van der Waals surface area (Å²) in [4.78, 5) is 52.9. The Morgan fingerprint density at radius 2 is 1.94 bits per heavy atom. The van der Waals surface area contributed by atoms with Gasteiger partial charge in [0.1, 0.15) is 6.04 Å². The first kappa shape index (κ1) is 22.1. The number of nitrogens with one attached hydrogen (secondary N) is 2. The zero-order valence-corrected chi connectivity index (χ0v) is 19.1. The minimum atomic E-state index is -0.672. The first-order chi connectivity index (χ1) is 16.4. The lowest BCUT2D eigenvalue weighted by atomic mass is 10.0. The van der Waals surface area contributed by atoms with E-state index in [1.165, 1.54) is 4.90 Å². The van der Waals surface area contributed by atoms with Gasteiger partial charge in [-0.3, -0.25) is 24.6 Å². The van der Waals surface area contributed by atoms with E-state index in [9.17, 15) is 19.2 Å². The van der Waals surface area contributed by atoms with Crippen molar-refractivity contribution < 1.29 is 23.9 Å². The topological polar surface area (TPSA) is 108 Å². The van der Waals surface area contributed by atoms with Gasteiger partial charge in [0.15, 0.2) is 6.23 Å².